The molecule has 2 heterocycles. The minimum Gasteiger partial charge on any atom is -0.508 e. The Hall–Kier alpha value is -3.34. The molecule has 0 bridgehead atoms. The predicted molar refractivity (Wildman–Crippen MR) is 143 cm³/mol. The molecule has 1 aromatic rings. The van der Waals surface area contributed by atoms with Crippen molar-refractivity contribution in [2.45, 2.75) is 104 Å². The maximum absolute atomic E-state index is 13.4. The summed E-state index contributed by atoms with van der Waals surface area (Å²) in [5, 5.41) is 41.4. The van der Waals surface area contributed by atoms with Crippen LogP contribution >= 0.6 is 0 Å². The highest BCUT2D eigenvalue weighted by Gasteiger charge is 2.69. The molecule has 2 fully saturated rings. The Morgan fingerprint density at radius 3 is 2.46 bits per heavy atom. The molecule has 4 aliphatic rings. The summed E-state index contributed by atoms with van der Waals surface area (Å²) in [6.07, 6.45) is -0.0166. The van der Waals surface area contributed by atoms with Crippen molar-refractivity contribution in [3.63, 3.8) is 0 Å². The van der Waals surface area contributed by atoms with Crippen molar-refractivity contribution >= 4 is 23.8 Å². The Labute approximate surface area is 238 Å². The molecule has 7 atom stereocenters. The number of nitrogens with zero attached hydrogens (tertiary/aromatic N) is 1. The summed E-state index contributed by atoms with van der Waals surface area (Å²) in [5.74, 6) is -3.26. The van der Waals surface area contributed by atoms with Crippen LogP contribution in [-0.2, 0) is 32.1 Å². The number of esters is 1. The monoisotopic (exact) mass is 573 g/mol. The summed E-state index contributed by atoms with van der Waals surface area (Å²) >= 11 is 0. The number of carboxylic acid groups (broad SMARTS) is 2. The summed E-state index contributed by atoms with van der Waals surface area (Å²) in [7, 11) is 0. The quantitative estimate of drug-likeness (QED) is 0.371. The number of hydrogen-bond donors (Lipinski definition) is 4. The van der Waals surface area contributed by atoms with E-state index in [-0.39, 0.29) is 36.1 Å². The molecule has 4 N–H and O–H groups in total. The number of aliphatic hydroxyl groups is 1. The number of carbonyl (C=O) groups excluding carboxylic acids is 2. The lowest BCUT2D eigenvalue weighted by Gasteiger charge is -2.65. The molecule has 1 aromatic carbocycles. The number of hydrogen-bond acceptors (Lipinski definition) is 8. The second-order valence-corrected chi connectivity index (χ2v) is 13.2. The van der Waals surface area contributed by atoms with Gasteiger partial charge in [0.05, 0.1) is 18.2 Å². The highest BCUT2D eigenvalue weighted by Crippen LogP contribution is 2.67. The van der Waals surface area contributed by atoms with Crippen LogP contribution in [0.2, 0.25) is 0 Å². The molecule has 1 spiro atoms. The van der Waals surface area contributed by atoms with E-state index in [2.05, 4.69) is 13.8 Å². The number of aromatic hydroxyl groups is 1. The van der Waals surface area contributed by atoms with Gasteiger partial charge in [-0.3, -0.25) is 14.4 Å². The van der Waals surface area contributed by atoms with Crippen LogP contribution in [0.15, 0.2) is 6.07 Å². The molecule has 2 saturated carbocycles. The van der Waals surface area contributed by atoms with Crippen molar-refractivity contribution in [1.29, 1.82) is 0 Å². The van der Waals surface area contributed by atoms with Crippen molar-refractivity contribution in [2.75, 3.05) is 0 Å². The molecule has 0 aromatic heterocycles. The zero-order valence-electron chi connectivity index (χ0n) is 24.1. The molecule has 0 saturated heterocycles. The third kappa shape index (κ3) is 4.18. The largest absolute Gasteiger partial charge is 0.508 e. The number of carbonyl (C=O) groups is 4. The van der Waals surface area contributed by atoms with Gasteiger partial charge in [0.1, 0.15) is 29.2 Å². The number of carboxylic acids is 2. The number of fused-ring (bicyclic) bond motifs is 5. The van der Waals surface area contributed by atoms with Crippen LogP contribution in [0.1, 0.15) is 88.2 Å². The number of phenolic OH excluding ortho intramolecular Hbond substituents is 1. The first-order chi connectivity index (χ1) is 19.0. The summed E-state index contributed by atoms with van der Waals surface area (Å²) in [6, 6.07) is 0.0146. The van der Waals surface area contributed by atoms with Crippen LogP contribution in [0.5, 0.6) is 11.5 Å². The molecule has 2 aliphatic carbocycles. The number of aliphatic carboxylic acids is 2. The molecule has 224 valence electrons. The number of ether oxygens (including phenoxy) is 2. The number of phenols is 1. The van der Waals surface area contributed by atoms with E-state index in [9.17, 15) is 34.5 Å². The van der Waals surface area contributed by atoms with Crippen LogP contribution in [0, 0.1) is 22.7 Å². The fourth-order valence-corrected chi connectivity index (χ4v) is 8.75. The standard InChI is InChI=1S/C30H39NO10/c1-14-6-8-22-28(3,4)25(40-15(2)32)21(34)12-29(22,5)30(14)11-17-20(33)10-16-18(24(17)41-30)13-31(26(16)37)19(27(38)39)7-9-23(35)36/h10,14,19,21-22,25,33-34H,6-9,11-13H2,1-5H3,(H,35,36)(H,38,39)/t14-,19-,21-,22-,25+,29-,30-/m0/s1. The number of benzene rings is 1. The average molecular weight is 574 g/mol. The zero-order valence-corrected chi connectivity index (χ0v) is 24.1. The van der Waals surface area contributed by atoms with Crippen molar-refractivity contribution in [3.05, 3.63) is 22.8 Å². The van der Waals surface area contributed by atoms with Gasteiger partial charge in [-0.2, -0.15) is 0 Å². The average Bonchev–Trinajstić information content (AvgIpc) is 3.41. The molecule has 5 rings (SSSR count). The minimum absolute atomic E-state index is 0.00556. The highest BCUT2D eigenvalue weighted by molar-refractivity contribution is 6.02. The van der Waals surface area contributed by atoms with E-state index >= 15 is 0 Å². The van der Waals surface area contributed by atoms with Gasteiger partial charge in [0, 0.05) is 41.7 Å². The molecular formula is C30H39NO10. The van der Waals surface area contributed by atoms with Gasteiger partial charge in [0.25, 0.3) is 5.91 Å². The number of rotatable bonds is 6. The van der Waals surface area contributed by atoms with E-state index < -0.39 is 64.9 Å². The smallest absolute Gasteiger partial charge is 0.326 e. The van der Waals surface area contributed by atoms with Gasteiger partial charge >= 0.3 is 17.9 Å². The van der Waals surface area contributed by atoms with Crippen LogP contribution in [-0.4, -0.2) is 73.0 Å². The van der Waals surface area contributed by atoms with Crippen LogP contribution in [0.25, 0.3) is 0 Å². The van der Waals surface area contributed by atoms with E-state index in [0.717, 1.165) is 17.7 Å². The first kappa shape index (κ1) is 29.2. The predicted octanol–water partition coefficient (Wildman–Crippen LogP) is 3.11. The maximum Gasteiger partial charge on any atom is 0.326 e. The van der Waals surface area contributed by atoms with Gasteiger partial charge in [0.2, 0.25) is 0 Å². The van der Waals surface area contributed by atoms with E-state index in [1.54, 1.807) is 0 Å². The van der Waals surface area contributed by atoms with E-state index in [1.807, 2.05) is 13.8 Å². The summed E-state index contributed by atoms with van der Waals surface area (Å²) < 4.78 is 12.6. The second-order valence-electron chi connectivity index (χ2n) is 13.2. The van der Waals surface area contributed by atoms with Crippen LogP contribution < -0.4 is 4.74 Å². The molecule has 11 heteroatoms. The fourth-order valence-electron chi connectivity index (χ4n) is 8.75. The molecule has 11 nitrogen and oxygen atoms in total. The lowest BCUT2D eigenvalue weighted by molar-refractivity contribution is -0.246. The van der Waals surface area contributed by atoms with Crippen molar-refractivity contribution in [3.8, 4) is 11.5 Å². The number of aliphatic hydroxyl groups excluding tert-OH is 1. The second kappa shape index (κ2) is 9.61. The Balaban J connectivity index is 1.55. The maximum atomic E-state index is 13.4. The third-order valence-electron chi connectivity index (χ3n) is 10.6. The van der Waals surface area contributed by atoms with Gasteiger partial charge in [-0.05, 0) is 43.6 Å². The van der Waals surface area contributed by atoms with E-state index in [4.69, 9.17) is 14.6 Å². The highest BCUT2D eigenvalue weighted by atomic mass is 16.6. The Morgan fingerprint density at radius 2 is 1.85 bits per heavy atom. The van der Waals surface area contributed by atoms with Gasteiger partial charge < -0.3 is 34.8 Å². The summed E-state index contributed by atoms with van der Waals surface area (Å²) in [4.78, 5) is 49.6. The minimum atomic E-state index is -1.35. The molecule has 1 amide bonds. The topological polar surface area (TPSA) is 171 Å². The van der Waals surface area contributed by atoms with Crippen LogP contribution in [0.4, 0.5) is 0 Å². The molecule has 41 heavy (non-hydrogen) atoms. The van der Waals surface area contributed by atoms with Crippen molar-refractivity contribution in [1.82, 2.24) is 4.90 Å². The van der Waals surface area contributed by atoms with Crippen molar-refractivity contribution < 1.29 is 49.1 Å². The normalized spacial score (nSPS) is 33.9. The Kier molecular flexibility index (Phi) is 6.83. The molecule has 2 aliphatic heterocycles. The zero-order chi connectivity index (χ0) is 30.2. The lowest BCUT2D eigenvalue weighted by atomic mass is 9.43. The summed E-state index contributed by atoms with van der Waals surface area (Å²) in [6.45, 7) is 9.45. The van der Waals surface area contributed by atoms with E-state index in [1.165, 1.54) is 13.0 Å². The Morgan fingerprint density at radius 1 is 1.17 bits per heavy atom. The lowest BCUT2D eigenvalue weighted by Crippen LogP contribution is -2.69. The SMILES string of the molecule is CC(=O)O[C@@H]1[C@@H](O)C[C@@]2(C)[C@@H](CC[C@H](C)[C@@]23Cc2c(O)cc4c(c2O3)CN([C@@H](CCC(=O)O)C(=O)O)C4=O)C1(C)C. The van der Waals surface area contributed by atoms with Crippen molar-refractivity contribution in [2.24, 2.45) is 22.7 Å². The van der Waals surface area contributed by atoms with Gasteiger partial charge in [-0.25, -0.2) is 4.79 Å². The Bertz CT molecular complexity index is 1320. The van der Waals surface area contributed by atoms with Gasteiger partial charge in [-0.15, -0.1) is 0 Å². The molecule has 0 unspecified atom stereocenters. The first-order valence-electron chi connectivity index (χ1n) is 14.2. The van der Waals surface area contributed by atoms with Gasteiger partial charge in [0.15, 0.2) is 0 Å². The van der Waals surface area contributed by atoms with Crippen LogP contribution in [0.3, 0.4) is 0 Å². The van der Waals surface area contributed by atoms with Gasteiger partial charge in [-0.1, -0.05) is 27.7 Å². The molecular weight excluding hydrogens is 534 g/mol. The number of amides is 1. The summed E-state index contributed by atoms with van der Waals surface area (Å²) in [5.41, 5.74) is -0.874. The molecule has 0 radical (unpaired) electrons. The first-order valence-corrected chi connectivity index (χ1v) is 14.2. The van der Waals surface area contributed by atoms with E-state index in [0.29, 0.717) is 29.7 Å². The fraction of sp³-hybridized carbons (Fsp3) is 0.667. The third-order valence-corrected chi connectivity index (χ3v) is 10.6.